The summed E-state index contributed by atoms with van der Waals surface area (Å²) in [6.07, 6.45) is 0.285. The standard InChI is InChI=1S/C11H11FN2O/c1-7(15)5-11-13-9-4-3-8(12)6-10(9)14(11)2/h3-4,6H,5H2,1-2H3. The maximum atomic E-state index is 13.0. The summed E-state index contributed by atoms with van der Waals surface area (Å²) in [6.45, 7) is 1.51. The Morgan fingerprint density at radius 2 is 2.27 bits per heavy atom. The molecule has 0 N–H and O–H groups in total. The monoisotopic (exact) mass is 206 g/mol. The summed E-state index contributed by atoms with van der Waals surface area (Å²) in [4.78, 5) is 15.3. The normalized spacial score (nSPS) is 10.9. The number of carbonyl (C=O) groups excluding carboxylic acids is 1. The van der Waals surface area contributed by atoms with Crippen molar-refractivity contribution in [3.8, 4) is 0 Å². The molecule has 15 heavy (non-hydrogen) atoms. The Hall–Kier alpha value is -1.71. The average Bonchev–Trinajstić information content (AvgIpc) is 2.44. The first-order valence-corrected chi connectivity index (χ1v) is 4.68. The molecule has 0 aliphatic rings. The molecule has 4 heteroatoms. The van der Waals surface area contributed by atoms with Gasteiger partial charge in [0.25, 0.3) is 0 Å². The summed E-state index contributed by atoms with van der Waals surface area (Å²) in [7, 11) is 1.78. The second kappa shape index (κ2) is 3.46. The van der Waals surface area contributed by atoms with E-state index in [0.717, 1.165) is 5.52 Å². The van der Waals surface area contributed by atoms with Crippen molar-refractivity contribution in [1.29, 1.82) is 0 Å². The van der Waals surface area contributed by atoms with E-state index in [1.54, 1.807) is 17.7 Å². The van der Waals surface area contributed by atoms with Crippen molar-refractivity contribution in [3.05, 3.63) is 29.8 Å². The summed E-state index contributed by atoms with van der Waals surface area (Å²) in [5.74, 6) is 0.428. The Labute approximate surface area is 86.5 Å². The van der Waals surface area contributed by atoms with Gasteiger partial charge in [0, 0.05) is 7.05 Å². The third kappa shape index (κ3) is 1.75. The van der Waals surface area contributed by atoms with Gasteiger partial charge in [0.2, 0.25) is 0 Å². The molecule has 78 valence electrons. The molecule has 0 amide bonds. The number of aromatic nitrogens is 2. The Morgan fingerprint density at radius 1 is 1.53 bits per heavy atom. The molecule has 0 unspecified atom stereocenters. The van der Waals surface area contributed by atoms with Gasteiger partial charge in [-0.15, -0.1) is 0 Å². The zero-order chi connectivity index (χ0) is 11.0. The van der Waals surface area contributed by atoms with Gasteiger partial charge in [0.05, 0.1) is 17.5 Å². The second-order valence-corrected chi connectivity index (χ2v) is 3.60. The van der Waals surface area contributed by atoms with Crippen LogP contribution in [-0.2, 0) is 18.3 Å². The topological polar surface area (TPSA) is 34.9 Å². The summed E-state index contributed by atoms with van der Waals surface area (Å²) < 4.78 is 14.7. The minimum Gasteiger partial charge on any atom is -0.331 e. The van der Waals surface area contributed by atoms with Crippen LogP contribution >= 0.6 is 0 Å². The smallest absolute Gasteiger partial charge is 0.137 e. The van der Waals surface area contributed by atoms with E-state index in [4.69, 9.17) is 0 Å². The van der Waals surface area contributed by atoms with E-state index in [0.29, 0.717) is 11.3 Å². The fourth-order valence-corrected chi connectivity index (χ4v) is 1.59. The number of Topliss-reactive ketones (excluding diaryl/α,β-unsaturated/α-hetero) is 1. The molecule has 0 fully saturated rings. The number of fused-ring (bicyclic) bond motifs is 1. The van der Waals surface area contributed by atoms with Gasteiger partial charge in [-0.3, -0.25) is 4.79 Å². The van der Waals surface area contributed by atoms with E-state index in [2.05, 4.69) is 4.98 Å². The van der Waals surface area contributed by atoms with E-state index in [9.17, 15) is 9.18 Å². The number of carbonyl (C=O) groups is 1. The predicted octanol–water partition coefficient (Wildman–Crippen LogP) is 1.84. The SMILES string of the molecule is CC(=O)Cc1nc2ccc(F)cc2n1C. The van der Waals surface area contributed by atoms with Crippen LogP contribution in [-0.4, -0.2) is 15.3 Å². The maximum absolute atomic E-state index is 13.0. The minimum absolute atomic E-state index is 0.0499. The van der Waals surface area contributed by atoms with E-state index < -0.39 is 0 Å². The van der Waals surface area contributed by atoms with Gasteiger partial charge in [-0.05, 0) is 25.1 Å². The highest BCUT2D eigenvalue weighted by molar-refractivity contribution is 5.80. The van der Waals surface area contributed by atoms with Gasteiger partial charge in [0.1, 0.15) is 17.4 Å². The summed E-state index contributed by atoms with van der Waals surface area (Å²) in [5.41, 5.74) is 1.43. The summed E-state index contributed by atoms with van der Waals surface area (Å²) in [6, 6.07) is 4.41. The molecule has 1 aromatic carbocycles. The molecular formula is C11H11FN2O. The van der Waals surface area contributed by atoms with Gasteiger partial charge in [-0.2, -0.15) is 0 Å². The number of aryl methyl sites for hydroxylation is 1. The molecule has 1 heterocycles. The zero-order valence-corrected chi connectivity index (χ0v) is 8.62. The van der Waals surface area contributed by atoms with Crippen LogP contribution in [0.3, 0.4) is 0 Å². The first kappa shape index (κ1) is 9.83. The van der Waals surface area contributed by atoms with E-state index in [-0.39, 0.29) is 18.0 Å². The number of hydrogen-bond acceptors (Lipinski definition) is 2. The fraction of sp³-hybridized carbons (Fsp3) is 0.273. The molecule has 2 rings (SSSR count). The van der Waals surface area contributed by atoms with Crippen LogP contribution in [0.4, 0.5) is 4.39 Å². The predicted molar refractivity (Wildman–Crippen MR) is 55.1 cm³/mol. The number of halogens is 1. The highest BCUT2D eigenvalue weighted by Gasteiger charge is 2.09. The summed E-state index contributed by atoms with van der Waals surface area (Å²) >= 11 is 0. The zero-order valence-electron chi connectivity index (χ0n) is 8.62. The van der Waals surface area contributed by atoms with Crippen LogP contribution in [0, 0.1) is 5.82 Å². The van der Waals surface area contributed by atoms with Crippen molar-refractivity contribution in [3.63, 3.8) is 0 Å². The number of rotatable bonds is 2. The average molecular weight is 206 g/mol. The third-order valence-electron chi connectivity index (χ3n) is 2.34. The van der Waals surface area contributed by atoms with Gasteiger partial charge in [0.15, 0.2) is 0 Å². The summed E-state index contributed by atoms with van der Waals surface area (Å²) in [5, 5.41) is 0. The van der Waals surface area contributed by atoms with Crippen LogP contribution in [0.2, 0.25) is 0 Å². The molecule has 0 atom stereocenters. The number of benzene rings is 1. The van der Waals surface area contributed by atoms with Crippen LogP contribution in [0.15, 0.2) is 18.2 Å². The van der Waals surface area contributed by atoms with Crippen molar-refractivity contribution in [2.45, 2.75) is 13.3 Å². The Bertz CT molecular complexity index is 531. The Morgan fingerprint density at radius 3 is 2.93 bits per heavy atom. The molecule has 0 saturated heterocycles. The fourth-order valence-electron chi connectivity index (χ4n) is 1.59. The molecule has 0 saturated carbocycles. The molecule has 3 nitrogen and oxygen atoms in total. The van der Waals surface area contributed by atoms with Crippen molar-refractivity contribution in [2.24, 2.45) is 7.05 Å². The van der Waals surface area contributed by atoms with Crippen LogP contribution < -0.4 is 0 Å². The minimum atomic E-state index is -0.292. The lowest BCUT2D eigenvalue weighted by atomic mass is 10.3. The Balaban J connectivity index is 2.59. The van der Waals surface area contributed by atoms with E-state index in [1.165, 1.54) is 19.1 Å². The highest BCUT2D eigenvalue weighted by atomic mass is 19.1. The first-order valence-electron chi connectivity index (χ1n) is 4.68. The molecule has 0 spiro atoms. The van der Waals surface area contributed by atoms with Crippen molar-refractivity contribution >= 4 is 16.8 Å². The molecule has 0 aliphatic heterocycles. The first-order chi connectivity index (χ1) is 7.08. The molecular weight excluding hydrogens is 195 g/mol. The number of nitrogens with zero attached hydrogens (tertiary/aromatic N) is 2. The van der Waals surface area contributed by atoms with Gasteiger partial charge in [-0.1, -0.05) is 0 Å². The number of hydrogen-bond donors (Lipinski definition) is 0. The third-order valence-corrected chi connectivity index (χ3v) is 2.34. The second-order valence-electron chi connectivity index (χ2n) is 3.60. The molecule has 0 radical (unpaired) electrons. The molecule has 2 aromatic rings. The van der Waals surface area contributed by atoms with E-state index >= 15 is 0 Å². The van der Waals surface area contributed by atoms with Crippen molar-refractivity contribution in [1.82, 2.24) is 9.55 Å². The van der Waals surface area contributed by atoms with Crippen molar-refractivity contribution < 1.29 is 9.18 Å². The lowest BCUT2D eigenvalue weighted by molar-refractivity contribution is -0.116. The van der Waals surface area contributed by atoms with Crippen LogP contribution in [0.5, 0.6) is 0 Å². The van der Waals surface area contributed by atoms with Crippen molar-refractivity contribution in [2.75, 3.05) is 0 Å². The quantitative estimate of drug-likeness (QED) is 0.751. The largest absolute Gasteiger partial charge is 0.331 e. The van der Waals surface area contributed by atoms with Gasteiger partial charge < -0.3 is 4.57 Å². The molecule has 0 bridgehead atoms. The number of ketones is 1. The molecule has 1 aromatic heterocycles. The lowest BCUT2D eigenvalue weighted by Crippen LogP contribution is -2.03. The van der Waals surface area contributed by atoms with E-state index in [1.807, 2.05) is 0 Å². The number of imidazole rings is 1. The Kier molecular flexibility index (Phi) is 2.26. The molecule has 0 aliphatic carbocycles. The van der Waals surface area contributed by atoms with Crippen LogP contribution in [0.25, 0.3) is 11.0 Å². The van der Waals surface area contributed by atoms with Crippen LogP contribution in [0.1, 0.15) is 12.7 Å². The van der Waals surface area contributed by atoms with Gasteiger partial charge in [-0.25, -0.2) is 9.37 Å². The maximum Gasteiger partial charge on any atom is 0.137 e. The highest BCUT2D eigenvalue weighted by Crippen LogP contribution is 2.16. The van der Waals surface area contributed by atoms with Gasteiger partial charge >= 0.3 is 0 Å². The lowest BCUT2D eigenvalue weighted by Gasteiger charge is -1.98.